The summed E-state index contributed by atoms with van der Waals surface area (Å²) in [5, 5.41) is 9.38. The van der Waals surface area contributed by atoms with E-state index < -0.39 is 12.0 Å². The molecule has 1 aromatic heterocycles. The summed E-state index contributed by atoms with van der Waals surface area (Å²) in [6, 6.07) is 2.57. The van der Waals surface area contributed by atoms with Crippen LogP contribution in [0.2, 0.25) is 0 Å². The van der Waals surface area contributed by atoms with Gasteiger partial charge in [0.05, 0.1) is 12.8 Å². The summed E-state index contributed by atoms with van der Waals surface area (Å²) < 4.78 is 5.22. The lowest BCUT2D eigenvalue weighted by Crippen LogP contribution is -2.53. The van der Waals surface area contributed by atoms with Crippen molar-refractivity contribution >= 4 is 12.0 Å². The lowest BCUT2D eigenvalue weighted by atomic mass is 9.89. The molecular weight excluding hydrogens is 272 g/mol. The average molecular weight is 294 g/mol. The first-order valence-corrected chi connectivity index (χ1v) is 7.29. The second-order valence-electron chi connectivity index (χ2n) is 5.56. The van der Waals surface area contributed by atoms with Crippen LogP contribution in [-0.2, 0) is 11.3 Å². The first kappa shape index (κ1) is 15.4. The van der Waals surface area contributed by atoms with Crippen molar-refractivity contribution < 1.29 is 19.1 Å². The maximum Gasteiger partial charge on any atom is 0.326 e. The minimum Gasteiger partial charge on any atom is -0.480 e. The van der Waals surface area contributed by atoms with Crippen molar-refractivity contribution in [3.8, 4) is 0 Å². The molecule has 21 heavy (non-hydrogen) atoms. The molecule has 0 bridgehead atoms. The summed E-state index contributed by atoms with van der Waals surface area (Å²) in [5.41, 5.74) is 0. The van der Waals surface area contributed by atoms with Gasteiger partial charge in [0.15, 0.2) is 0 Å². The van der Waals surface area contributed by atoms with E-state index >= 15 is 0 Å². The van der Waals surface area contributed by atoms with Crippen LogP contribution in [0.4, 0.5) is 4.79 Å². The first-order valence-electron chi connectivity index (χ1n) is 7.29. The summed E-state index contributed by atoms with van der Waals surface area (Å²) in [6.45, 7) is 2.90. The number of nitrogens with zero attached hydrogens (tertiary/aromatic N) is 2. The number of hydrogen-bond acceptors (Lipinski definition) is 3. The van der Waals surface area contributed by atoms with Gasteiger partial charge >= 0.3 is 12.0 Å². The molecule has 2 rings (SSSR count). The quantitative estimate of drug-likeness (QED) is 0.925. The van der Waals surface area contributed by atoms with Gasteiger partial charge in [0.2, 0.25) is 0 Å². The fourth-order valence-corrected chi connectivity index (χ4v) is 2.80. The SMILES string of the molecule is CCC1CCN(C(=O)N(C)Cc2ccco2)C(C(=O)O)C1. The molecule has 1 aliphatic heterocycles. The van der Waals surface area contributed by atoms with Crippen LogP contribution in [0.15, 0.2) is 22.8 Å². The molecule has 2 unspecified atom stereocenters. The van der Waals surface area contributed by atoms with Gasteiger partial charge in [0, 0.05) is 13.6 Å². The number of rotatable bonds is 4. The highest BCUT2D eigenvalue weighted by Crippen LogP contribution is 2.26. The molecule has 6 nitrogen and oxygen atoms in total. The van der Waals surface area contributed by atoms with Gasteiger partial charge in [-0.2, -0.15) is 0 Å². The maximum atomic E-state index is 12.5. The van der Waals surface area contributed by atoms with Crippen molar-refractivity contribution in [2.24, 2.45) is 5.92 Å². The van der Waals surface area contributed by atoms with Gasteiger partial charge in [-0.3, -0.25) is 0 Å². The summed E-state index contributed by atoms with van der Waals surface area (Å²) in [5.74, 6) is 0.139. The van der Waals surface area contributed by atoms with E-state index in [0.717, 1.165) is 12.8 Å². The molecule has 0 aliphatic carbocycles. The summed E-state index contributed by atoms with van der Waals surface area (Å²) in [6.07, 6.45) is 3.90. The van der Waals surface area contributed by atoms with Crippen LogP contribution in [-0.4, -0.2) is 46.5 Å². The van der Waals surface area contributed by atoms with Crippen LogP contribution in [0.25, 0.3) is 0 Å². The van der Waals surface area contributed by atoms with E-state index in [4.69, 9.17) is 4.42 Å². The number of hydrogen-bond donors (Lipinski definition) is 1. The number of piperidine rings is 1. The van der Waals surface area contributed by atoms with Gasteiger partial charge in [0.1, 0.15) is 11.8 Å². The van der Waals surface area contributed by atoms with Crippen molar-refractivity contribution in [2.75, 3.05) is 13.6 Å². The number of carboxylic acid groups (broad SMARTS) is 1. The molecule has 2 heterocycles. The molecule has 1 N–H and O–H groups in total. The number of amides is 2. The Kier molecular flexibility index (Phi) is 4.88. The molecule has 6 heteroatoms. The Morgan fingerprint density at radius 1 is 1.52 bits per heavy atom. The molecule has 1 aliphatic rings. The zero-order valence-corrected chi connectivity index (χ0v) is 12.5. The van der Waals surface area contributed by atoms with Crippen molar-refractivity contribution in [1.29, 1.82) is 0 Å². The van der Waals surface area contributed by atoms with Crippen molar-refractivity contribution in [2.45, 2.75) is 38.8 Å². The highest BCUT2D eigenvalue weighted by Gasteiger charge is 2.36. The molecule has 0 saturated carbocycles. The molecule has 2 amide bonds. The van der Waals surface area contributed by atoms with Crippen LogP contribution >= 0.6 is 0 Å². The summed E-state index contributed by atoms with van der Waals surface area (Å²) in [4.78, 5) is 26.9. The standard InChI is InChI=1S/C15H22N2O4/c1-3-11-6-7-17(13(9-11)14(18)19)15(20)16(2)10-12-5-4-8-21-12/h4-5,8,11,13H,3,6-7,9-10H2,1-2H3,(H,18,19). The van der Waals surface area contributed by atoms with Crippen molar-refractivity contribution in [3.63, 3.8) is 0 Å². The van der Waals surface area contributed by atoms with E-state index in [9.17, 15) is 14.7 Å². The number of furan rings is 1. The van der Waals surface area contributed by atoms with Crippen LogP contribution < -0.4 is 0 Å². The van der Waals surface area contributed by atoms with Gasteiger partial charge < -0.3 is 19.3 Å². The van der Waals surface area contributed by atoms with E-state index in [1.807, 2.05) is 0 Å². The number of aliphatic carboxylic acids is 1. The molecular formula is C15H22N2O4. The lowest BCUT2D eigenvalue weighted by Gasteiger charge is -2.38. The van der Waals surface area contributed by atoms with Crippen LogP contribution in [0.3, 0.4) is 0 Å². The van der Waals surface area contributed by atoms with E-state index in [0.29, 0.717) is 31.2 Å². The Labute approximate surface area is 124 Å². The summed E-state index contributed by atoms with van der Waals surface area (Å²) in [7, 11) is 1.66. The van der Waals surface area contributed by atoms with Gasteiger partial charge in [-0.1, -0.05) is 13.3 Å². The van der Waals surface area contributed by atoms with E-state index in [1.54, 1.807) is 25.4 Å². The molecule has 0 spiro atoms. The van der Waals surface area contributed by atoms with Crippen LogP contribution in [0.1, 0.15) is 31.9 Å². The minimum absolute atomic E-state index is 0.256. The lowest BCUT2D eigenvalue weighted by molar-refractivity contribution is -0.144. The smallest absolute Gasteiger partial charge is 0.326 e. The highest BCUT2D eigenvalue weighted by molar-refractivity contribution is 5.82. The van der Waals surface area contributed by atoms with Gasteiger partial charge in [-0.25, -0.2) is 9.59 Å². The molecule has 0 aromatic carbocycles. The third kappa shape index (κ3) is 3.56. The van der Waals surface area contributed by atoms with Gasteiger partial charge in [0.25, 0.3) is 0 Å². The Bertz CT molecular complexity index is 486. The Morgan fingerprint density at radius 2 is 2.29 bits per heavy atom. The number of likely N-dealkylation sites (tertiary alicyclic amines) is 1. The minimum atomic E-state index is -0.923. The Hall–Kier alpha value is -1.98. The van der Waals surface area contributed by atoms with E-state index in [1.165, 1.54) is 9.80 Å². The van der Waals surface area contributed by atoms with E-state index in [2.05, 4.69) is 6.92 Å². The van der Waals surface area contributed by atoms with Crippen molar-refractivity contribution in [1.82, 2.24) is 9.80 Å². The number of urea groups is 1. The Balaban J connectivity index is 2.04. The van der Waals surface area contributed by atoms with Crippen LogP contribution in [0.5, 0.6) is 0 Å². The predicted molar refractivity (Wildman–Crippen MR) is 76.7 cm³/mol. The number of carboxylic acids is 1. The van der Waals surface area contributed by atoms with Crippen molar-refractivity contribution in [3.05, 3.63) is 24.2 Å². The number of carbonyl (C=O) groups excluding carboxylic acids is 1. The maximum absolute atomic E-state index is 12.5. The molecule has 1 fully saturated rings. The molecule has 2 atom stereocenters. The van der Waals surface area contributed by atoms with Gasteiger partial charge in [-0.05, 0) is 30.9 Å². The fourth-order valence-electron chi connectivity index (χ4n) is 2.80. The average Bonchev–Trinajstić information content (AvgIpc) is 2.98. The molecule has 0 radical (unpaired) electrons. The second-order valence-corrected chi connectivity index (χ2v) is 5.56. The topological polar surface area (TPSA) is 74.0 Å². The Morgan fingerprint density at radius 3 is 2.86 bits per heavy atom. The third-order valence-electron chi connectivity index (χ3n) is 4.12. The van der Waals surface area contributed by atoms with Gasteiger partial charge in [-0.15, -0.1) is 0 Å². The zero-order chi connectivity index (χ0) is 15.4. The second kappa shape index (κ2) is 6.65. The fraction of sp³-hybridized carbons (Fsp3) is 0.600. The molecule has 1 aromatic rings. The number of carbonyl (C=O) groups is 2. The highest BCUT2D eigenvalue weighted by atomic mass is 16.4. The van der Waals surface area contributed by atoms with E-state index in [-0.39, 0.29) is 6.03 Å². The first-order chi connectivity index (χ1) is 10.0. The molecule has 116 valence electrons. The predicted octanol–water partition coefficient (Wildman–Crippen LogP) is 2.41. The third-order valence-corrected chi connectivity index (χ3v) is 4.12. The largest absolute Gasteiger partial charge is 0.480 e. The summed E-state index contributed by atoms with van der Waals surface area (Å²) >= 11 is 0. The zero-order valence-electron chi connectivity index (χ0n) is 12.5. The normalized spacial score (nSPS) is 22.1. The monoisotopic (exact) mass is 294 g/mol. The molecule has 1 saturated heterocycles. The van der Waals surface area contributed by atoms with Crippen LogP contribution in [0, 0.1) is 5.92 Å².